The van der Waals surface area contributed by atoms with Gasteiger partial charge in [-0.3, -0.25) is 4.79 Å². The van der Waals surface area contributed by atoms with E-state index in [1.807, 2.05) is 0 Å². The van der Waals surface area contributed by atoms with Crippen LogP contribution in [0, 0.1) is 12.8 Å². The highest BCUT2D eigenvalue weighted by atomic mass is 16.1. The Labute approximate surface area is 97.7 Å². The average molecular weight is 219 g/mol. The van der Waals surface area contributed by atoms with Crippen LogP contribution in [0.25, 0.3) is 0 Å². The zero-order valence-corrected chi connectivity index (χ0v) is 10.5. The molecule has 88 valence electrons. The van der Waals surface area contributed by atoms with E-state index in [1.165, 1.54) is 17.8 Å². The molecule has 0 atom stereocenters. The van der Waals surface area contributed by atoms with Gasteiger partial charge in [0.15, 0.2) is 5.78 Å². The first-order chi connectivity index (χ1) is 7.59. The van der Waals surface area contributed by atoms with Crippen LogP contribution in [0.2, 0.25) is 0 Å². The monoisotopic (exact) mass is 219 g/mol. The molecule has 0 amide bonds. The van der Waals surface area contributed by atoms with E-state index in [0.29, 0.717) is 5.78 Å². The maximum Gasteiger partial charge on any atom is 0.164 e. The lowest BCUT2D eigenvalue weighted by Gasteiger charge is -2.16. The van der Waals surface area contributed by atoms with E-state index in [1.54, 1.807) is 0 Å². The van der Waals surface area contributed by atoms with Gasteiger partial charge in [-0.05, 0) is 38.2 Å². The summed E-state index contributed by atoms with van der Waals surface area (Å²) in [6, 6.07) is 2.08. The lowest BCUT2D eigenvalue weighted by atomic mass is 9.96. The predicted molar refractivity (Wildman–Crippen MR) is 65.9 cm³/mol. The number of nitrogens with zero attached hydrogens (tertiary/aromatic N) is 1. The Morgan fingerprint density at radius 1 is 1.38 bits per heavy atom. The Balaban J connectivity index is 2.27. The van der Waals surface area contributed by atoms with E-state index in [4.69, 9.17) is 0 Å². The molecule has 2 heteroatoms. The molecule has 0 bridgehead atoms. The zero-order valence-electron chi connectivity index (χ0n) is 10.5. The maximum absolute atomic E-state index is 11.8. The van der Waals surface area contributed by atoms with E-state index in [-0.39, 0.29) is 0 Å². The summed E-state index contributed by atoms with van der Waals surface area (Å²) >= 11 is 0. The summed E-state index contributed by atoms with van der Waals surface area (Å²) in [4.78, 5) is 11.8. The zero-order chi connectivity index (χ0) is 11.7. The summed E-state index contributed by atoms with van der Waals surface area (Å²) in [5.41, 5.74) is 3.53. The van der Waals surface area contributed by atoms with E-state index in [0.717, 1.165) is 37.3 Å². The van der Waals surface area contributed by atoms with Crippen molar-refractivity contribution in [1.29, 1.82) is 0 Å². The summed E-state index contributed by atoms with van der Waals surface area (Å²) in [6.07, 6.45) is 4.03. The molecule has 0 fully saturated rings. The minimum atomic E-state index is 0.340. The normalized spacial score (nSPS) is 15.6. The van der Waals surface area contributed by atoms with Gasteiger partial charge in [0.1, 0.15) is 0 Å². The number of carbonyl (C=O) groups excluding carboxylic acids is 1. The third-order valence-electron chi connectivity index (χ3n) is 3.46. The Kier molecular flexibility index (Phi) is 3.17. The van der Waals surface area contributed by atoms with Gasteiger partial charge in [-0.25, -0.2) is 0 Å². The molecule has 0 saturated carbocycles. The molecule has 0 saturated heterocycles. The molecule has 1 aliphatic carbocycles. The molecule has 1 aromatic rings. The van der Waals surface area contributed by atoms with Crippen LogP contribution >= 0.6 is 0 Å². The second kappa shape index (κ2) is 4.44. The number of fused-ring (bicyclic) bond motifs is 1. The van der Waals surface area contributed by atoms with Crippen molar-refractivity contribution in [1.82, 2.24) is 4.57 Å². The molecule has 0 spiro atoms. The Hall–Kier alpha value is -1.05. The van der Waals surface area contributed by atoms with Crippen molar-refractivity contribution in [2.45, 2.75) is 53.0 Å². The first-order valence-corrected chi connectivity index (χ1v) is 6.31. The van der Waals surface area contributed by atoms with Crippen molar-refractivity contribution in [2.24, 2.45) is 5.92 Å². The Bertz CT molecular complexity index is 401. The van der Waals surface area contributed by atoms with Gasteiger partial charge in [0.25, 0.3) is 0 Å². The lowest BCUT2D eigenvalue weighted by Crippen LogP contribution is -2.14. The summed E-state index contributed by atoms with van der Waals surface area (Å²) in [7, 11) is 0. The van der Waals surface area contributed by atoms with Crippen LogP contribution in [-0.2, 0) is 13.0 Å². The SMILES string of the molecule is Cc1cc2c(n1CCC(C)C)CCCC2=O. The highest BCUT2D eigenvalue weighted by Gasteiger charge is 2.22. The largest absolute Gasteiger partial charge is 0.348 e. The van der Waals surface area contributed by atoms with Gasteiger partial charge in [0, 0.05) is 29.9 Å². The first kappa shape index (κ1) is 11.4. The highest BCUT2D eigenvalue weighted by Crippen LogP contribution is 2.25. The molecular formula is C14H21NO. The van der Waals surface area contributed by atoms with Gasteiger partial charge >= 0.3 is 0 Å². The summed E-state index contributed by atoms with van der Waals surface area (Å²) in [6.45, 7) is 7.67. The van der Waals surface area contributed by atoms with Gasteiger partial charge in [-0.2, -0.15) is 0 Å². The average Bonchev–Trinajstić information content (AvgIpc) is 2.53. The second-order valence-electron chi connectivity index (χ2n) is 5.26. The number of rotatable bonds is 3. The van der Waals surface area contributed by atoms with Crippen LogP contribution in [-0.4, -0.2) is 10.4 Å². The molecular weight excluding hydrogens is 198 g/mol. The van der Waals surface area contributed by atoms with E-state index in [2.05, 4.69) is 31.4 Å². The molecule has 16 heavy (non-hydrogen) atoms. The van der Waals surface area contributed by atoms with Crippen molar-refractivity contribution in [3.05, 3.63) is 23.0 Å². The van der Waals surface area contributed by atoms with E-state index in [9.17, 15) is 4.79 Å². The first-order valence-electron chi connectivity index (χ1n) is 6.31. The lowest BCUT2D eigenvalue weighted by molar-refractivity contribution is 0.0971. The summed E-state index contributed by atoms with van der Waals surface area (Å²) in [5.74, 6) is 1.06. The van der Waals surface area contributed by atoms with Gasteiger partial charge in [-0.1, -0.05) is 13.8 Å². The van der Waals surface area contributed by atoms with Crippen molar-refractivity contribution in [3.63, 3.8) is 0 Å². The fraction of sp³-hybridized carbons (Fsp3) is 0.643. The molecule has 0 aliphatic heterocycles. The van der Waals surface area contributed by atoms with Crippen molar-refractivity contribution in [2.75, 3.05) is 0 Å². The minimum Gasteiger partial charge on any atom is -0.348 e. The fourth-order valence-electron chi connectivity index (χ4n) is 2.49. The number of aryl methyl sites for hydroxylation is 1. The van der Waals surface area contributed by atoms with Crippen LogP contribution in [0.3, 0.4) is 0 Å². The molecule has 0 radical (unpaired) electrons. The smallest absolute Gasteiger partial charge is 0.164 e. The predicted octanol–water partition coefficient (Wildman–Crippen LogP) is 3.36. The minimum absolute atomic E-state index is 0.340. The number of ketones is 1. The maximum atomic E-state index is 11.8. The molecule has 0 N–H and O–H groups in total. The van der Waals surface area contributed by atoms with Crippen molar-refractivity contribution in [3.8, 4) is 0 Å². The molecule has 0 aromatic carbocycles. The van der Waals surface area contributed by atoms with Crippen LogP contribution in [0.4, 0.5) is 0 Å². The molecule has 1 aliphatic rings. The van der Waals surface area contributed by atoms with Crippen molar-refractivity contribution < 1.29 is 4.79 Å². The summed E-state index contributed by atoms with van der Waals surface area (Å²) in [5, 5.41) is 0. The molecule has 2 rings (SSSR count). The topological polar surface area (TPSA) is 22.0 Å². The number of carbonyl (C=O) groups is 1. The third-order valence-corrected chi connectivity index (χ3v) is 3.46. The van der Waals surface area contributed by atoms with E-state index >= 15 is 0 Å². The Morgan fingerprint density at radius 3 is 2.81 bits per heavy atom. The Morgan fingerprint density at radius 2 is 2.12 bits per heavy atom. The fourth-order valence-corrected chi connectivity index (χ4v) is 2.49. The molecule has 1 heterocycles. The van der Waals surface area contributed by atoms with Gasteiger partial charge < -0.3 is 4.57 Å². The standard InChI is InChI=1S/C14H21NO/c1-10(2)7-8-15-11(3)9-12-13(15)5-4-6-14(12)16/h9-10H,4-8H2,1-3H3. The highest BCUT2D eigenvalue weighted by molar-refractivity contribution is 5.98. The number of hydrogen-bond donors (Lipinski definition) is 0. The molecule has 1 aromatic heterocycles. The number of Topliss-reactive ketones (excluding diaryl/α,β-unsaturated/α-hetero) is 1. The van der Waals surface area contributed by atoms with Crippen LogP contribution in [0.15, 0.2) is 6.07 Å². The van der Waals surface area contributed by atoms with Gasteiger partial charge in [0.05, 0.1) is 0 Å². The number of aromatic nitrogens is 1. The molecule has 0 unspecified atom stereocenters. The second-order valence-corrected chi connectivity index (χ2v) is 5.26. The van der Waals surface area contributed by atoms with Gasteiger partial charge in [0.2, 0.25) is 0 Å². The van der Waals surface area contributed by atoms with Gasteiger partial charge in [-0.15, -0.1) is 0 Å². The van der Waals surface area contributed by atoms with Crippen LogP contribution in [0.5, 0.6) is 0 Å². The third kappa shape index (κ3) is 2.06. The summed E-state index contributed by atoms with van der Waals surface area (Å²) < 4.78 is 2.35. The van der Waals surface area contributed by atoms with E-state index < -0.39 is 0 Å². The van der Waals surface area contributed by atoms with Crippen LogP contribution < -0.4 is 0 Å². The van der Waals surface area contributed by atoms with Crippen molar-refractivity contribution >= 4 is 5.78 Å². The molecule has 2 nitrogen and oxygen atoms in total. The quantitative estimate of drug-likeness (QED) is 0.764. The number of hydrogen-bond acceptors (Lipinski definition) is 1. The van der Waals surface area contributed by atoms with Crippen LogP contribution in [0.1, 0.15) is 54.9 Å².